The molecule has 0 saturated carbocycles. The molecule has 0 aliphatic rings. The van der Waals surface area contributed by atoms with Gasteiger partial charge in [0, 0.05) is 0 Å². The Kier molecular flexibility index (Phi) is 37.3. The molecule has 0 saturated heterocycles. The fourth-order valence-corrected chi connectivity index (χ4v) is 6.28. The second-order valence-corrected chi connectivity index (χ2v) is 15.9. The number of quaternary nitrogens is 1. The molecule has 0 spiro atoms. The number of hydrogen-bond donors (Lipinski definition) is 1. The number of hydrogen-bond acceptors (Lipinski definition) is 2. The van der Waals surface area contributed by atoms with E-state index in [1.807, 2.05) is 0 Å². The van der Waals surface area contributed by atoms with Crippen LogP contribution in [0.1, 0.15) is 220 Å². The van der Waals surface area contributed by atoms with Crippen molar-refractivity contribution in [3.05, 3.63) is 0 Å². The molecular formula is C39H84NO3S+. The average molecular weight is 647 g/mol. The van der Waals surface area contributed by atoms with Gasteiger partial charge in [0.2, 0.25) is 0 Å². The van der Waals surface area contributed by atoms with E-state index in [-0.39, 0.29) is 5.75 Å². The van der Waals surface area contributed by atoms with Crippen LogP contribution in [-0.2, 0) is 10.1 Å². The first-order chi connectivity index (χ1) is 21.2. The molecule has 0 rings (SSSR count). The Balaban J connectivity index is 0. The highest BCUT2D eigenvalue weighted by Gasteiger charge is 2.20. The van der Waals surface area contributed by atoms with Crippen molar-refractivity contribution in [3.8, 4) is 0 Å². The lowest BCUT2D eigenvalue weighted by Gasteiger charge is -2.35. The Bertz CT molecular complexity index is 577. The van der Waals surface area contributed by atoms with Crippen LogP contribution in [0.4, 0.5) is 0 Å². The quantitative estimate of drug-likeness (QED) is 0.0430. The molecule has 0 aromatic carbocycles. The average Bonchev–Trinajstić information content (AvgIpc) is 3.00. The minimum Gasteiger partial charge on any atom is -0.326 e. The van der Waals surface area contributed by atoms with E-state index in [4.69, 9.17) is 4.55 Å². The lowest BCUT2D eigenvalue weighted by Crippen LogP contribution is -2.46. The van der Waals surface area contributed by atoms with Crippen LogP contribution >= 0.6 is 0 Å². The van der Waals surface area contributed by atoms with Crippen molar-refractivity contribution >= 4 is 10.1 Å². The van der Waals surface area contributed by atoms with Gasteiger partial charge in [-0.2, -0.15) is 8.42 Å². The summed E-state index contributed by atoms with van der Waals surface area (Å²) < 4.78 is 28.3. The van der Waals surface area contributed by atoms with Gasteiger partial charge >= 0.3 is 0 Å². The molecule has 0 aliphatic carbocycles. The van der Waals surface area contributed by atoms with Gasteiger partial charge in [0.1, 0.15) is 0 Å². The highest BCUT2D eigenvalue weighted by molar-refractivity contribution is 7.85. The summed E-state index contributed by atoms with van der Waals surface area (Å²) in [5, 5.41) is 0. The lowest BCUT2D eigenvalue weighted by molar-refractivity contribution is -0.910. The van der Waals surface area contributed by atoms with Crippen LogP contribution in [0, 0.1) is 0 Å². The van der Waals surface area contributed by atoms with Crippen LogP contribution < -0.4 is 0 Å². The summed E-state index contributed by atoms with van der Waals surface area (Å²) >= 11 is 0. The van der Waals surface area contributed by atoms with Crippen molar-refractivity contribution < 1.29 is 17.5 Å². The van der Waals surface area contributed by atoms with E-state index in [1.165, 1.54) is 224 Å². The van der Waals surface area contributed by atoms with Gasteiger partial charge in [-0.15, -0.1) is 0 Å². The minimum atomic E-state index is -3.66. The van der Waals surface area contributed by atoms with Crippen molar-refractivity contribution in [2.75, 3.05) is 32.4 Å². The van der Waals surface area contributed by atoms with Gasteiger partial charge in [-0.1, -0.05) is 175 Å². The first-order valence-corrected chi connectivity index (χ1v) is 21.6. The van der Waals surface area contributed by atoms with Crippen LogP contribution in [0.25, 0.3) is 0 Å². The summed E-state index contributed by atoms with van der Waals surface area (Å²) in [5.41, 5.74) is 0. The van der Waals surface area contributed by atoms with Gasteiger partial charge in [0.05, 0.1) is 32.4 Å². The minimum absolute atomic E-state index is 0.201. The molecule has 0 aromatic rings. The maximum absolute atomic E-state index is 9.56. The third kappa shape index (κ3) is 39.9. The summed E-state index contributed by atoms with van der Waals surface area (Å²) in [6.07, 6.45) is 43.8. The van der Waals surface area contributed by atoms with Crippen LogP contribution in [0.2, 0.25) is 0 Å². The molecule has 0 heterocycles. The Labute approximate surface area is 279 Å². The Morgan fingerprint density at radius 1 is 0.364 bits per heavy atom. The molecule has 0 amide bonds. The van der Waals surface area contributed by atoms with E-state index in [0.29, 0.717) is 0 Å². The molecule has 1 N–H and O–H groups in total. The van der Waals surface area contributed by atoms with E-state index in [1.54, 1.807) is 0 Å². The number of unbranched alkanes of at least 4 members (excludes halogenated alkanes) is 27. The smallest absolute Gasteiger partial charge is 0.264 e. The second-order valence-electron chi connectivity index (χ2n) is 14.2. The van der Waals surface area contributed by atoms with Crippen LogP contribution in [0.5, 0.6) is 0 Å². The molecule has 0 unspecified atom stereocenters. The maximum Gasteiger partial charge on any atom is 0.264 e. The standard InChI is InChI=1S/C37H78N.C2H6O3S/c1-5-8-11-14-17-20-23-26-29-32-35-38(4,36-33-30-27-24-21-18-15-12-9-6-2)37-34-31-28-25-22-19-16-13-10-7-3;1-2-6(3,4)5/h5-37H2,1-4H3;2H2,1H3,(H,3,4,5)/q+1;. The van der Waals surface area contributed by atoms with Crippen LogP contribution in [-0.4, -0.2) is 49.9 Å². The third-order valence-electron chi connectivity index (χ3n) is 9.52. The van der Waals surface area contributed by atoms with Gasteiger partial charge in [-0.25, -0.2) is 0 Å². The van der Waals surface area contributed by atoms with E-state index >= 15 is 0 Å². The van der Waals surface area contributed by atoms with Gasteiger partial charge in [-0.05, 0) is 45.4 Å². The Hall–Kier alpha value is -0.130. The zero-order chi connectivity index (χ0) is 33.0. The predicted molar refractivity (Wildman–Crippen MR) is 198 cm³/mol. The Morgan fingerprint density at radius 3 is 0.682 bits per heavy atom. The van der Waals surface area contributed by atoms with Crippen molar-refractivity contribution in [1.29, 1.82) is 0 Å². The van der Waals surface area contributed by atoms with Gasteiger partial charge in [-0.3, -0.25) is 4.55 Å². The van der Waals surface area contributed by atoms with Gasteiger partial charge in [0.15, 0.2) is 0 Å². The van der Waals surface area contributed by atoms with Crippen molar-refractivity contribution in [2.24, 2.45) is 0 Å². The molecule has 0 aliphatic heterocycles. The fourth-order valence-electron chi connectivity index (χ4n) is 6.28. The van der Waals surface area contributed by atoms with E-state index in [0.717, 1.165) is 0 Å². The first-order valence-electron chi connectivity index (χ1n) is 20.0. The highest BCUT2D eigenvalue weighted by Crippen LogP contribution is 2.18. The zero-order valence-electron chi connectivity index (χ0n) is 31.2. The largest absolute Gasteiger partial charge is 0.326 e. The summed E-state index contributed by atoms with van der Waals surface area (Å²) in [6.45, 7) is 12.6. The topological polar surface area (TPSA) is 54.4 Å². The third-order valence-corrected chi connectivity index (χ3v) is 10.2. The molecule has 0 radical (unpaired) electrons. The predicted octanol–water partition coefficient (Wildman–Crippen LogP) is 13.1. The van der Waals surface area contributed by atoms with Crippen LogP contribution in [0.15, 0.2) is 0 Å². The first kappa shape index (κ1) is 46.0. The maximum atomic E-state index is 9.56. The Morgan fingerprint density at radius 2 is 0.523 bits per heavy atom. The summed E-state index contributed by atoms with van der Waals surface area (Å²) in [5.74, 6) is -0.201. The summed E-state index contributed by atoms with van der Waals surface area (Å²) in [7, 11) is -1.06. The lowest BCUT2D eigenvalue weighted by atomic mass is 10.0. The monoisotopic (exact) mass is 647 g/mol. The molecule has 4 nitrogen and oxygen atoms in total. The van der Waals surface area contributed by atoms with E-state index in [2.05, 4.69) is 27.8 Å². The number of nitrogens with zero attached hydrogens (tertiary/aromatic N) is 1. The molecular weight excluding hydrogens is 563 g/mol. The van der Waals surface area contributed by atoms with Crippen LogP contribution in [0.3, 0.4) is 0 Å². The second kappa shape index (κ2) is 35.7. The number of rotatable bonds is 34. The van der Waals surface area contributed by atoms with Gasteiger partial charge in [0.25, 0.3) is 10.1 Å². The molecule has 0 fully saturated rings. The van der Waals surface area contributed by atoms with Crippen molar-refractivity contribution in [3.63, 3.8) is 0 Å². The molecule has 0 bridgehead atoms. The SMILES string of the molecule is CCCCCCCCCCCC[N+](C)(CCCCCCCCCCCC)CCCCCCCCCCCC.CCS(=O)(=O)O. The summed E-state index contributed by atoms with van der Waals surface area (Å²) in [4.78, 5) is 0. The van der Waals surface area contributed by atoms with E-state index in [9.17, 15) is 8.42 Å². The fraction of sp³-hybridized carbons (Fsp3) is 1.00. The zero-order valence-corrected chi connectivity index (χ0v) is 32.0. The molecule has 0 aromatic heterocycles. The molecule has 268 valence electrons. The normalized spacial score (nSPS) is 12.0. The highest BCUT2D eigenvalue weighted by atomic mass is 32.2. The molecule has 5 heteroatoms. The molecule has 44 heavy (non-hydrogen) atoms. The molecule has 0 atom stereocenters. The van der Waals surface area contributed by atoms with Crippen molar-refractivity contribution in [2.45, 2.75) is 220 Å². The van der Waals surface area contributed by atoms with E-state index < -0.39 is 10.1 Å². The summed E-state index contributed by atoms with van der Waals surface area (Å²) in [6, 6.07) is 0. The van der Waals surface area contributed by atoms with Crippen molar-refractivity contribution in [1.82, 2.24) is 0 Å². The van der Waals surface area contributed by atoms with Gasteiger partial charge < -0.3 is 4.48 Å².